The average molecular weight is 287 g/mol. The Morgan fingerprint density at radius 1 is 1.42 bits per heavy atom. The van der Waals surface area contributed by atoms with Gasteiger partial charge in [-0.25, -0.2) is 12.8 Å². The largest absolute Gasteiger partial charge is 0.398 e. The minimum absolute atomic E-state index is 0.0362. The molecule has 0 aromatic heterocycles. The number of hydrogen-bond acceptors (Lipinski definition) is 4. The highest BCUT2D eigenvalue weighted by Crippen LogP contribution is 2.27. The van der Waals surface area contributed by atoms with E-state index in [1.54, 1.807) is 0 Å². The number of benzene rings is 1. The zero-order chi connectivity index (χ0) is 14.2. The summed E-state index contributed by atoms with van der Waals surface area (Å²) in [6.45, 7) is 0.237. The van der Waals surface area contributed by atoms with Gasteiger partial charge in [0.2, 0.25) is 15.9 Å². The Balaban J connectivity index is 2.31. The van der Waals surface area contributed by atoms with Crippen LogP contribution in [0, 0.1) is 11.7 Å². The van der Waals surface area contributed by atoms with Crippen LogP contribution in [0.25, 0.3) is 0 Å². The fourth-order valence-corrected chi connectivity index (χ4v) is 3.67. The Morgan fingerprint density at radius 2 is 2.11 bits per heavy atom. The second-order valence-electron chi connectivity index (χ2n) is 4.43. The summed E-state index contributed by atoms with van der Waals surface area (Å²) in [5.41, 5.74) is 10.5. The van der Waals surface area contributed by atoms with Crippen LogP contribution in [-0.4, -0.2) is 31.7 Å². The molecular formula is C11H14FN3O3S. The molecular weight excluding hydrogens is 273 g/mol. The van der Waals surface area contributed by atoms with E-state index in [9.17, 15) is 17.6 Å². The number of nitrogens with two attached hydrogens (primary N) is 2. The fourth-order valence-electron chi connectivity index (χ4n) is 2.07. The van der Waals surface area contributed by atoms with E-state index in [4.69, 9.17) is 11.5 Å². The quantitative estimate of drug-likeness (QED) is 0.757. The molecule has 2 rings (SSSR count). The molecule has 1 aliphatic heterocycles. The van der Waals surface area contributed by atoms with E-state index in [1.807, 2.05) is 0 Å². The molecule has 1 amide bonds. The standard InChI is InChI=1S/C11H14FN3O3S/c12-8-1-2-10(9(13)5-8)19(17,18)15-4-3-7(6-15)11(14)16/h1-2,5,7H,3-4,6,13H2,(H2,14,16). The number of carbonyl (C=O) groups is 1. The lowest BCUT2D eigenvalue weighted by Crippen LogP contribution is -2.32. The van der Waals surface area contributed by atoms with Crippen molar-refractivity contribution in [3.8, 4) is 0 Å². The van der Waals surface area contributed by atoms with Crippen LogP contribution in [0.1, 0.15) is 6.42 Å². The smallest absolute Gasteiger partial charge is 0.245 e. The molecule has 6 nitrogen and oxygen atoms in total. The molecule has 1 aromatic carbocycles. The molecule has 1 heterocycles. The molecule has 4 N–H and O–H groups in total. The zero-order valence-electron chi connectivity index (χ0n) is 10.0. The second-order valence-corrected chi connectivity index (χ2v) is 6.34. The minimum Gasteiger partial charge on any atom is -0.398 e. The Labute approximate surface area is 110 Å². The van der Waals surface area contributed by atoms with Gasteiger partial charge in [0.25, 0.3) is 0 Å². The van der Waals surface area contributed by atoms with Gasteiger partial charge in [-0.1, -0.05) is 0 Å². The van der Waals surface area contributed by atoms with Gasteiger partial charge >= 0.3 is 0 Å². The molecule has 1 aromatic rings. The first-order valence-corrected chi connectivity index (χ1v) is 7.11. The molecule has 0 radical (unpaired) electrons. The van der Waals surface area contributed by atoms with Gasteiger partial charge in [0, 0.05) is 13.1 Å². The maximum Gasteiger partial charge on any atom is 0.245 e. The van der Waals surface area contributed by atoms with Gasteiger partial charge in [-0.05, 0) is 24.6 Å². The molecule has 1 atom stereocenters. The van der Waals surface area contributed by atoms with E-state index >= 15 is 0 Å². The van der Waals surface area contributed by atoms with Gasteiger partial charge in [0.1, 0.15) is 10.7 Å². The first-order valence-electron chi connectivity index (χ1n) is 5.67. The topological polar surface area (TPSA) is 106 Å². The molecule has 1 aliphatic rings. The number of amides is 1. The van der Waals surface area contributed by atoms with E-state index in [2.05, 4.69) is 0 Å². The van der Waals surface area contributed by atoms with Crippen molar-refractivity contribution in [2.75, 3.05) is 18.8 Å². The van der Waals surface area contributed by atoms with Crippen molar-refractivity contribution >= 4 is 21.6 Å². The van der Waals surface area contributed by atoms with Crippen LogP contribution in [0.4, 0.5) is 10.1 Å². The molecule has 0 bridgehead atoms. The first kappa shape index (κ1) is 13.8. The third-order valence-corrected chi connectivity index (χ3v) is 5.08. The third-order valence-electron chi connectivity index (χ3n) is 3.14. The average Bonchev–Trinajstić information content (AvgIpc) is 2.78. The van der Waals surface area contributed by atoms with Crippen molar-refractivity contribution in [2.45, 2.75) is 11.3 Å². The zero-order valence-corrected chi connectivity index (χ0v) is 10.9. The van der Waals surface area contributed by atoms with Crippen LogP contribution in [0.2, 0.25) is 0 Å². The molecule has 0 saturated carbocycles. The summed E-state index contributed by atoms with van der Waals surface area (Å²) in [5.74, 6) is -1.62. The van der Waals surface area contributed by atoms with Gasteiger partial charge in [0.05, 0.1) is 11.6 Å². The highest BCUT2D eigenvalue weighted by atomic mass is 32.2. The number of primary amides is 1. The molecule has 104 valence electrons. The van der Waals surface area contributed by atoms with Crippen molar-refractivity contribution in [3.63, 3.8) is 0 Å². The predicted molar refractivity (Wildman–Crippen MR) is 66.9 cm³/mol. The summed E-state index contributed by atoms with van der Waals surface area (Å²) in [4.78, 5) is 10.9. The van der Waals surface area contributed by atoms with E-state index in [0.717, 1.165) is 22.5 Å². The summed E-state index contributed by atoms with van der Waals surface area (Å²) < 4.78 is 38.7. The van der Waals surface area contributed by atoms with Crippen LogP contribution >= 0.6 is 0 Å². The number of carbonyl (C=O) groups excluding carboxylic acids is 1. The SMILES string of the molecule is NC(=O)C1CCN(S(=O)(=O)c2ccc(F)cc2N)C1. The number of sulfonamides is 1. The monoisotopic (exact) mass is 287 g/mol. The molecule has 1 fully saturated rings. The fraction of sp³-hybridized carbons (Fsp3) is 0.364. The number of halogens is 1. The van der Waals surface area contributed by atoms with Crippen LogP contribution < -0.4 is 11.5 Å². The normalized spacial score (nSPS) is 20.6. The molecule has 1 unspecified atom stereocenters. The van der Waals surface area contributed by atoms with Crippen molar-refractivity contribution in [1.29, 1.82) is 0 Å². The van der Waals surface area contributed by atoms with Gasteiger partial charge in [0.15, 0.2) is 0 Å². The molecule has 0 aliphatic carbocycles. The third kappa shape index (κ3) is 2.54. The van der Waals surface area contributed by atoms with Crippen molar-refractivity contribution in [1.82, 2.24) is 4.31 Å². The Morgan fingerprint density at radius 3 is 2.63 bits per heavy atom. The lowest BCUT2D eigenvalue weighted by molar-refractivity contribution is -0.121. The van der Waals surface area contributed by atoms with Crippen molar-refractivity contribution in [2.24, 2.45) is 11.7 Å². The number of rotatable bonds is 3. The van der Waals surface area contributed by atoms with Crippen LogP contribution in [-0.2, 0) is 14.8 Å². The van der Waals surface area contributed by atoms with Crippen molar-refractivity contribution in [3.05, 3.63) is 24.0 Å². The lowest BCUT2D eigenvalue weighted by atomic mass is 10.1. The number of anilines is 1. The molecule has 8 heteroatoms. The van der Waals surface area contributed by atoms with E-state index in [-0.39, 0.29) is 23.7 Å². The number of nitrogen functional groups attached to an aromatic ring is 1. The highest BCUT2D eigenvalue weighted by Gasteiger charge is 2.35. The Hall–Kier alpha value is -1.67. The van der Waals surface area contributed by atoms with Crippen LogP contribution in [0.15, 0.2) is 23.1 Å². The maximum absolute atomic E-state index is 12.9. The Kier molecular flexibility index (Phi) is 3.46. The number of hydrogen-bond donors (Lipinski definition) is 2. The first-order chi connectivity index (χ1) is 8.82. The summed E-state index contributed by atoms with van der Waals surface area (Å²) >= 11 is 0. The molecule has 1 saturated heterocycles. The Bertz CT molecular complexity index is 618. The van der Waals surface area contributed by atoms with Gasteiger partial charge in [-0.2, -0.15) is 4.31 Å². The van der Waals surface area contributed by atoms with Crippen LogP contribution in [0.5, 0.6) is 0 Å². The lowest BCUT2D eigenvalue weighted by Gasteiger charge is -2.17. The van der Waals surface area contributed by atoms with Gasteiger partial charge in [-0.15, -0.1) is 0 Å². The molecule has 19 heavy (non-hydrogen) atoms. The predicted octanol–water partition coefficient (Wildman–Crippen LogP) is -0.0962. The van der Waals surface area contributed by atoms with E-state index < -0.39 is 27.7 Å². The minimum atomic E-state index is -3.82. The van der Waals surface area contributed by atoms with E-state index in [1.165, 1.54) is 0 Å². The highest BCUT2D eigenvalue weighted by molar-refractivity contribution is 7.89. The molecule has 0 spiro atoms. The summed E-state index contributed by atoms with van der Waals surface area (Å²) in [6.07, 6.45) is 0.385. The summed E-state index contributed by atoms with van der Waals surface area (Å²) in [6, 6.07) is 3.11. The van der Waals surface area contributed by atoms with E-state index in [0.29, 0.717) is 6.42 Å². The van der Waals surface area contributed by atoms with Crippen molar-refractivity contribution < 1.29 is 17.6 Å². The van der Waals surface area contributed by atoms with Gasteiger partial charge in [-0.3, -0.25) is 4.79 Å². The second kappa shape index (κ2) is 4.78. The maximum atomic E-state index is 12.9. The summed E-state index contributed by atoms with van der Waals surface area (Å²) in [7, 11) is -3.82. The van der Waals surface area contributed by atoms with Gasteiger partial charge < -0.3 is 11.5 Å². The summed E-state index contributed by atoms with van der Waals surface area (Å²) in [5, 5.41) is 0. The van der Waals surface area contributed by atoms with Crippen LogP contribution in [0.3, 0.4) is 0 Å². The number of nitrogens with zero attached hydrogens (tertiary/aromatic N) is 1.